The van der Waals surface area contributed by atoms with E-state index in [4.69, 9.17) is 9.84 Å². The van der Waals surface area contributed by atoms with Crippen LogP contribution in [0.1, 0.15) is 18.3 Å². The summed E-state index contributed by atoms with van der Waals surface area (Å²) in [5, 5.41) is 8.96. The summed E-state index contributed by atoms with van der Waals surface area (Å²) in [7, 11) is 1.84. The molecule has 1 aliphatic rings. The maximum atomic E-state index is 10.9. The van der Waals surface area contributed by atoms with Crippen LogP contribution in [0.25, 0.3) is 0 Å². The first-order valence-corrected chi connectivity index (χ1v) is 4.52. The first-order valence-electron chi connectivity index (χ1n) is 4.52. The highest BCUT2D eigenvalue weighted by molar-refractivity contribution is 5.71. The predicted octanol–water partition coefficient (Wildman–Crippen LogP) is 0.582. The van der Waals surface area contributed by atoms with Crippen molar-refractivity contribution in [2.75, 3.05) is 6.61 Å². The van der Waals surface area contributed by atoms with E-state index in [1.807, 2.05) is 7.05 Å². The molecule has 0 aliphatic carbocycles. The Morgan fingerprint density at radius 1 is 1.79 bits per heavy atom. The maximum absolute atomic E-state index is 10.9. The molecule has 1 N–H and O–H groups in total. The second-order valence-electron chi connectivity index (χ2n) is 3.42. The number of rotatable bonds is 2. The molecule has 0 aromatic carbocycles. The lowest BCUT2D eigenvalue weighted by Crippen LogP contribution is -2.20. The molecule has 0 amide bonds. The summed E-state index contributed by atoms with van der Waals surface area (Å²) >= 11 is 0. The Kier molecular flexibility index (Phi) is 2.25. The predicted molar refractivity (Wildman–Crippen MR) is 47.6 cm³/mol. The summed E-state index contributed by atoms with van der Waals surface area (Å²) in [5.41, 5.74) is 0. The minimum Gasteiger partial charge on any atom is -0.481 e. The number of aromatic nitrogens is 2. The van der Waals surface area contributed by atoms with Crippen molar-refractivity contribution in [2.45, 2.75) is 12.5 Å². The highest BCUT2D eigenvalue weighted by Crippen LogP contribution is 2.33. The molecule has 76 valence electrons. The molecule has 1 aliphatic heterocycles. The van der Waals surface area contributed by atoms with Gasteiger partial charge in [-0.15, -0.1) is 0 Å². The molecule has 0 unspecified atom stereocenters. The minimum absolute atomic E-state index is 0.396. The smallest absolute Gasteiger partial charge is 0.309 e. The Labute approximate surface area is 81.3 Å². The largest absolute Gasteiger partial charge is 0.481 e. The Morgan fingerprint density at radius 3 is 3.14 bits per heavy atom. The van der Waals surface area contributed by atoms with Gasteiger partial charge < -0.3 is 14.4 Å². The molecule has 1 saturated heterocycles. The normalized spacial score (nSPS) is 26.6. The minimum atomic E-state index is -0.810. The molecular weight excluding hydrogens is 184 g/mol. The van der Waals surface area contributed by atoms with Gasteiger partial charge in [-0.05, 0) is 6.42 Å². The van der Waals surface area contributed by atoms with Crippen LogP contribution in [-0.4, -0.2) is 27.2 Å². The van der Waals surface area contributed by atoms with Gasteiger partial charge in [0.2, 0.25) is 0 Å². The van der Waals surface area contributed by atoms with Crippen molar-refractivity contribution >= 4 is 5.97 Å². The highest BCUT2D eigenvalue weighted by Gasteiger charge is 2.37. The monoisotopic (exact) mass is 196 g/mol. The van der Waals surface area contributed by atoms with E-state index in [2.05, 4.69) is 4.98 Å². The molecule has 1 aromatic heterocycles. The zero-order chi connectivity index (χ0) is 10.1. The number of carboxylic acids is 1. The van der Waals surface area contributed by atoms with Crippen LogP contribution in [-0.2, 0) is 16.6 Å². The van der Waals surface area contributed by atoms with E-state index in [0.717, 1.165) is 0 Å². The molecule has 0 bridgehead atoms. The molecule has 2 rings (SSSR count). The Morgan fingerprint density at radius 2 is 2.57 bits per heavy atom. The Balaban J connectivity index is 2.26. The van der Waals surface area contributed by atoms with E-state index in [9.17, 15) is 4.79 Å². The number of aryl methyl sites for hydroxylation is 1. The van der Waals surface area contributed by atoms with Gasteiger partial charge in [-0.1, -0.05) is 0 Å². The lowest BCUT2D eigenvalue weighted by atomic mass is 10.0. The van der Waals surface area contributed by atoms with Crippen LogP contribution in [0.4, 0.5) is 0 Å². The van der Waals surface area contributed by atoms with Gasteiger partial charge in [0.1, 0.15) is 11.9 Å². The van der Waals surface area contributed by atoms with Gasteiger partial charge in [-0.2, -0.15) is 0 Å². The third-order valence-electron chi connectivity index (χ3n) is 2.52. The van der Waals surface area contributed by atoms with Crippen LogP contribution >= 0.6 is 0 Å². The van der Waals surface area contributed by atoms with Gasteiger partial charge in [-0.3, -0.25) is 4.79 Å². The van der Waals surface area contributed by atoms with Crippen LogP contribution in [0.5, 0.6) is 0 Å². The SMILES string of the molecule is Cn1ccnc1[C@H]1OCC[C@H]1C(=O)O. The molecule has 2 atom stereocenters. The second kappa shape index (κ2) is 3.42. The summed E-state index contributed by atoms with van der Waals surface area (Å²) in [4.78, 5) is 15.0. The van der Waals surface area contributed by atoms with Crippen molar-refractivity contribution in [1.82, 2.24) is 9.55 Å². The van der Waals surface area contributed by atoms with Crippen molar-refractivity contribution in [3.63, 3.8) is 0 Å². The van der Waals surface area contributed by atoms with E-state index in [1.54, 1.807) is 17.0 Å². The summed E-state index contributed by atoms with van der Waals surface area (Å²) < 4.78 is 7.19. The number of imidazole rings is 1. The zero-order valence-electron chi connectivity index (χ0n) is 7.88. The second-order valence-corrected chi connectivity index (χ2v) is 3.42. The van der Waals surface area contributed by atoms with Gasteiger partial charge in [0.05, 0.1) is 5.92 Å². The molecule has 0 spiro atoms. The van der Waals surface area contributed by atoms with Crippen molar-refractivity contribution in [1.29, 1.82) is 0 Å². The van der Waals surface area contributed by atoms with Gasteiger partial charge in [0.15, 0.2) is 0 Å². The number of carboxylic acid groups (broad SMARTS) is 1. The summed E-state index contributed by atoms with van der Waals surface area (Å²) in [6.07, 6.45) is 3.60. The molecule has 1 fully saturated rings. The number of hydrogen-bond acceptors (Lipinski definition) is 3. The van der Waals surface area contributed by atoms with Crippen molar-refractivity contribution in [3.8, 4) is 0 Å². The van der Waals surface area contributed by atoms with Crippen molar-refractivity contribution in [2.24, 2.45) is 13.0 Å². The summed E-state index contributed by atoms with van der Waals surface area (Å²) in [6.45, 7) is 0.495. The Hall–Kier alpha value is -1.36. The molecule has 0 radical (unpaired) electrons. The van der Waals surface area contributed by atoms with Gasteiger partial charge in [0.25, 0.3) is 0 Å². The number of hydrogen-bond donors (Lipinski definition) is 1. The number of ether oxygens (including phenoxy) is 1. The van der Waals surface area contributed by atoms with Crippen molar-refractivity contribution in [3.05, 3.63) is 18.2 Å². The quantitative estimate of drug-likeness (QED) is 0.751. The van der Waals surface area contributed by atoms with Crippen LogP contribution < -0.4 is 0 Å². The standard InChI is InChI=1S/C9H12N2O3/c1-11-4-3-10-8(11)7-6(9(12)13)2-5-14-7/h3-4,6-7H,2,5H2,1H3,(H,12,13)/t6-,7+/m1/s1. The number of carbonyl (C=O) groups is 1. The number of aliphatic carboxylic acids is 1. The topological polar surface area (TPSA) is 64.4 Å². The van der Waals surface area contributed by atoms with Crippen LogP contribution in [0.3, 0.4) is 0 Å². The molecule has 5 heteroatoms. The first kappa shape index (κ1) is 9.21. The molecule has 2 heterocycles. The van der Waals surface area contributed by atoms with Gasteiger partial charge >= 0.3 is 5.97 Å². The van der Waals surface area contributed by atoms with Gasteiger partial charge in [-0.25, -0.2) is 4.98 Å². The lowest BCUT2D eigenvalue weighted by molar-refractivity contribution is -0.143. The molecule has 14 heavy (non-hydrogen) atoms. The van der Waals surface area contributed by atoms with E-state index in [-0.39, 0.29) is 0 Å². The highest BCUT2D eigenvalue weighted by atomic mass is 16.5. The third-order valence-corrected chi connectivity index (χ3v) is 2.52. The van der Waals surface area contributed by atoms with E-state index in [1.165, 1.54) is 0 Å². The van der Waals surface area contributed by atoms with Crippen molar-refractivity contribution < 1.29 is 14.6 Å². The van der Waals surface area contributed by atoms with E-state index < -0.39 is 18.0 Å². The first-order chi connectivity index (χ1) is 6.70. The third kappa shape index (κ3) is 1.39. The molecule has 1 aromatic rings. The summed E-state index contributed by atoms with van der Waals surface area (Å²) in [5.74, 6) is -0.582. The maximum Gasteiger partial charge on any atom is 0.309 e. The average Bonchev–Trinajstić information content (AvgIpc) is 2.70. The van der Waals surface area contributed by atoms with Crippen LogP contribution in [0, 0.1) is 5.92 Å². The molecular formula is C9H12N2O3. The van der Waals surface area contributed by atoms with E-state index >= 15 is 0 Å². The Bertz CT molecular complexity index is 348. The fourth-order valence-electron chi connectivity index (χ4n) is 1.75. The van der Waals surface area contributed by atoms with Crippen LogP contribution in [0.2, 0.25) is 0 Å². The lowest BCUT2D eigenvalue weighted by Gasteiger charge is -2.14. The number of nitrogens with zero attached hydrogens (tertiary/aromatic N) is 2. The fraction of sp³-hybridized carbons (Fsp3) is 0.556. The molecule has 0 saturated carbocycles. The van der Waals surface area contributed by atoms with Gasteiger partial charge in [0, 0.05) is 26.0 Å². The summed E-state index contributed by atoms with van der Waals surface area (Å²) in [6, 6.07) is 0. The zero-order valence-corrected chi connectivity index (χ0v) is 7.88. The van der Waals surface area contributed by atoms with E-state index in [0.29, 0.717) is 18.9 Å². The average molecular weight is 196 g/mol. The van der Waals surface area contributed by atoms with Crippen LogP contribution in [0.15, 0.2) is 12.4 Å². The fourth-order valence-corrected chi connectivity index (χ4v) is 1.75. The molecule has 5 nitrogen and oxygen atoms in total.